The Hall–Kier alpha value is -4.53. The molecule has 0 aliphatic carbocycles. The van der Waals surface area contributed by atoms with E-state index in [0.717, 1.165) is 23.4 Å². The van der Waals surface area contributed by atoms with Crippen LogP contribution < -0.4 is 10.2 Å². The normalized spacial score (nSPS) is 12.8. The molecule has 1 aliphatic heterocycles. The van der Waals surface area contributed by atoms with Crippen molar-refractivity contribution in [1.82, 2.24) is 9.97 Å². The van der Waals surface area contributed by atoms with E-state index in [1.165, 1.54) is 12.1 Å². The molecule has 2 heterocycles. The quantitative estimate of drug-likeness (QED) is 0.389. The van der Waals surface area contributed by atoms with Crippen LogP contribution in [0.15, 0.2) is 85.3 Å². The van der Waals surface area contributed by atoms with Crippen LogP contribution in [0.1, 0.15) is 27.2 Å². The maximum Gasteiger partial charge on any atom is 0.416 e. The minimum absolute atomic E-state index is 0.0819. The first-order valence-electron chi connectivity index (χ1n) is 11.6. The summed E-state index contributed by atoms with van der Waals surface area (Å²) in [6.45, 7) is 0.530. The number of hydrogen-bond donors (Lipinski definition) is 1. The number of hydrogen-bond acceptors (Lipinski definition) is 4. The van der Waals surface area contributed by atoms with E-state index in [9.17, 15) is 22.8 Å². The number of fused-ring (bicyclic) bond motifs is 1. The van der Waals surface area contributed by atoms with E-state index in [-0.39, 0.29) is 18.2 Å². The number of nitrogens with one attached hydrogen (secondary N) is 1. The van der Waals surface area contributed by atoms with Crippen LogP contribution >= 0.6 is 0 Å². The van der Waals surface area contributed by atoms with E-state index in [0.29, 0.717) is 41.0 Å². The minimum Gasteiger partial charge on any atom is -0.322 e. The maximum atomic E-state index is 13.1. The third kappa shape index (κ3) is 5.20. The Kier molecular flexibility index (Phi) is 6.43. The van der Waals surface area contributed by atoms with Crippen molar-refractivity contribution >= 4 is 23.2 Å². The summed E-state index contributed by atoms with van der Waals surface area (Å²) in [5.74, 6) is -0.467. The highest BCUT2D eigenvalue weighted by molar-refractivity contribution is 6.09. The largest absolute Gasteiger partial charge is 0.416 e. The number of amides is 2. The Morgan fingerprint density at radius 2 is 1.76 bits per heavy atom. The van der Waals surface area contributed by atoms with E-state index in [2.05, 4.69) is 15.3 Å². The van der Waals surface area contributed by atoms with Gasteiger partial charge in [0, 0.05) is 42.1 Å². The Bertz CT molecular complexity index is 1450. The number of nitrogens with zero attached hydrogens (tertiary/aromatic N) is 3. The van der Waals surface area contributed by atoms with Crippen LogP contribution in [0.25, 0.3) is 11.1 Å². The number of anilines is 2. The van der Waals surface area contributed by atoms with Crippen LogP contribution in [0, 0.1) is 0 Å². The molecule has 0 fully saturated rings. The summed E-state index contributed by atoms with van der Waals surface area (Å²) in [5.41, 5.74) is 3.49. The molecule has 0 spiro atoms. The lowest BCUT2D eigenvalue weighted by Crippen LogP contribution is -2.30. The number of halogens is 3. The van der Waals surface area contributed by atoms with Crippen molar-refractivity contribution in [2.24, 2.45) is 0 Å². The number of rotatable bonds is 5. The summed E-state index contributed by atoms with van der Waals surface area (Å²) in [7, 11) is 0. The molecular weight excluding hydrogens is 481 g/mol. The Balaban J connectivity index is 1.32. The van der Waals surface area contributed by atoms with E-state index in [1.54, 1.807) is 59.9 Å². The third-order valence-corrected chi connectivity index (χ3v) is 6.18. The molecule has 6 nitrogen and oxygen atoms in total. The van der Waals surface area contributed by atoms with Gasteiger partial charge in [0.25, 0.3) is 5.91 Å². The zero-order valence-electron chi connectivity index (χ0n) is 19.5. The lowest BCUT2D eigenvalue weighted by Gasteiger charge is -2.17. The molecule has 1 N–H and O–H groups in total. The lowest BCUT2D eigenvalue weighted by molar-refractivity contribution is -0.137. The van der Waals surface area contributed by atoms with Crippen LogP contribution in [0.4, 0.5) is 24.5 Å². The van der Waals surface area contributed by atoms with Crippen LogP contribution in [0.5, 0.6) is 0 Å². The SMILES string of the molecule is O=C(Nc1ccc2c(c1)CCN2C(=O)Cc1cnccn1)c1ccccc1-c1ccc(C(F)(F)F)cc1. The first-order chi connectivity index (χ1) is 17.8. The molecule has 186 valence electrons. The van der Waals surface area contributed by atoms with Gasteiger partial charge in [-0.3, -0.25) is 19.6 Å². The molecule has 5 rings (SSSR count). The van der Waals surface area contributed by atoms with Crippen LogP contribution in [-0.4, -0.2) is 28.3 Å². The molecule has 0 saturated heterocycles. The molecule has 3 aromatic carbocycles. The highest BCUT2D eigenvalue weighted by Crippen LogP contribution is 2.33. The fraction of sp³-hybridized carbons (Fsp3) is 0.143. The first kappa shape index (κ1) is 24.2. The zero-order chi connectivity index (χ0) is 26.0. The molecule has 4 aromatic rings. The summed E-state index contributed by atoms with van der Waals surface area (Å²) in [6.07, 6.45) is 1.02. The second-order valence-corrected chi connectivity index (χ2v) is 8.59. The van der Waals surface area contributed by atoms with Gasteiger partial charge in [-0.05, 0) is 59.5 Å². The monoisotopic (exact) mass is 502 g/mol. The second kappa shape index (κ2) is 9.85. The number of carbonyl (C=O) groups excluding carboxylic acids is 2. The van der Waals surface area contributed by atoms with Crippen molar-refractivity contribution in [2.75, 3.05) is 16.8 Å². The molecule has 0 saturated carbocycles. The van der Waals surface area contributed by atoms with Crippen LogP contribution in [0.2, 0.25) is 0 Å². The van der Waals surface area contributed by atoms with Crippen molar-refractivity contribution in [3.63, 3.8) is 0 Å². The van der Waals surface area contributed by atoms with E-state index >= 15 is 0 Å². The molecule has 0 radical (unpaired) electrons. The minimum atomic E-state index is -4.43. The fourth-order valence-corrected chi connectivity index (χ4v) is 4.38. The van der Waals surface area contributed by atoms with Crippen LogP contribution in [-0.2, 0) is 23.8 Å². The molecular formula is C28H21F3N4O2. The summed E-state index contributed by atoms with van der Waals surface area (Å²) in [6, 6.07) is 16.8. The average Bonchev–Trinajstić information content (AvgIpc) is 3.32. The number of carbonyl (C=O) groups is 2. The third-order valence-electron chi connectivity index (χ3n) is 6.18. The van der Waals surface area contributed by atoms with E-state index in [1.807, 2.05) is 6.07 Å². The second-order valence-electron chi connectivity index (χ2n) is 8.59. The summed E-state index contributed by atoms with van der Waals surface area (Å²) >= 11 is 0. The van der Waals surface area contributed by atoms with Gasteiger partial charge in [-0.1, -0.05) is 30.3 Å². The standard InChI is InChI=1S/C28H21F3N4O2/c29-28(30,31)20-7-5-18(6-8-20)23-3-1-2-4-24(23)27(37)34-21-9-10-25-19(15-21)11-14-35(25)26(36)16-22-17-32-12-13-33-22/h1-10,12-13,15,17H,11,14,16H2,(H,34,37). The fourth-order valence-electron chi connectivity index (χ4n) is 4.38. The molecule has 1 aromatic heterocycles. The molecule has 0 atom stereocenters. The predicted molar refractivity (Wildman–Crippen MR) is 133 cm³/mol. The van der Waals surface area contributed by atoms with Gasteiger partial charge in [-0.2, -0.15) is 13.2 Å². The Morgan fingerprint density at radius 3 is 2.49 bits per heavy atom. The molecule has 0 unspecified atom stereocenters. The Morgan fingerprint density at radius 1 is 0.973 bits per heavy atom. The maximum absolute atomic E-state index is 13.1. The van der Waals surface area contributed by atoms with Crippen molar-refractivity contribution in [2.45, 2.75) is 19.0 Å². The lowest BCUT2D eigenvalue weighted by atomic mass is 9.98. The molecule has 1 aliphatic rings. The smallest absolute Gasteiger partial charge is 0.322 e. The van der Waals surface area contributed by atoms with Crippen molar-refractivity contribution in [1.29, 1.82) is 0 Å². The van der Waals surface area contributed by atoms with Gasteiger partial charge in [0.15, 0.2) is 0 Å². The number of alkyl halides is 3. The van der Waals surface area contributed by atoms with Gasteiger partial charge < -0.3 is 10.2 Å². The summed E-state index contributed by atoms with van der Waals surface area (Å²) in [5, 5.41) is 2.88. The van der Waals surface area contributed by atoms with Gasteiger partial charge in [0.1, 0.15) is 0 Å². The number of benzene rings is 3. The average molecular weight is 502 g/mol. The predicted octanol–water partition coefficient (Wildman–Crippen LogP) is 5.55. The van der Waals surface area contributed by atoms with Gasteiger partial charge in [0.2, 0.25) is 5.91 Å². The summed E-state index contributed by atoms with van der Waals surface area (Å²) in [4.78, 5) is 35.8. The zero-order valence-corrected chi connectivity index (χ0v) is 19.5. The van der Waals surface area contributed by atoms with Gasteiger partial charge in [-0.25, -0.2) is 0 Å². The molecule has 0 bridgehead atoms. The Labute approximate surface area is 210 Å². The van der Waals surface area contributed by atoms with Gasteiger partial charge in [-0.15, -0.1) is 0 Å². The van der Waals surface area contributed by atoms with Gasteiger partial charge >= 0.3 is 6.18 Å². The van der Waals surface area contributed by atoms with E-state index in [4.69, 9.17) is 0 Å². The highest BCUT2D eigenvalue weighted by Gasteiger charge is 2.30. The van der Waals surface area contributed by atoms with E-state index < -0.39 is 11.7 Å². The van der Waals surface area contributed by atoms with Crippen molar-refractivity contribution in [3.8, 4) is 11.1 Å². The van der Waals surface area contributed by atoms with Crippen molar-refractivity contribution in [3.05, 3.63) is 108 Å². The molecule has 37 heavy (non-hydrogen) atoms. The van der Waals surface area contributed by atoms with Gasteiger partial charge in [0.05, 0.1) is 17.7 Å². The van der Waals surface area contributed by atoms with Crippen LogP contribution in [0.3, 0.4) is 0 Å². The first-order valence-corrected chi connectivity index (χ1v) is 11.6. The topological polar surface area (TPSA) is 75.2 Å². The highest BCUT2D eigenvalue weighted by atomic mass is 19.4. The summed E-state index contributed by atoms with van der Waals surface area (Å²) < 4.78 is 38.8. The van der Waals surface area contributed by atoms with Crippen molar-refractivity contribution < 1.29 is 22.8 Å². The number of aromatic nitrogens is 2. The molecule has 9 heteroatoms. The molecule has 2 amide bonds.